The first-order valence-corrected chi connectivity index (χ1v) is 9.79. The van der Waals surface area contributed by atoms with Gasteiger partial charge in [-0.25, -0.2) is 4.98 Å². The first kappa shape index (κ1) is 18.5. The van der Waals surface area contributed by atoms with Crippen molar-refractivity contribution in [2.45, 2.75) is 38.6 Å². The fourth-order valence-corrected chi connectivity index (χ4v) is 4.06. The predicted molar refractivity (Wildman–Crippen MR) is 109 cm³/mol. The zero-order valence-corrected chi connectivity index (χ0v) is 16.6. The highest BCUT2D eigenvalue weighted by molar-refractivity contribution is 5.79. The molecule has 1 atom stereocenters. The Kier molecular flexibility index (Phi) is 5.03. The molecule has 6 nitrogen and oxygen atoms in total. The second kappa shape index (κ2) is 7.62. The number of nitrogens with zero attached hydrogens (tertiary/aromatic N) is 4. The predicted octanol–water partition coefficient (Wildman–Crippen LogP) is 3.58. The van der Waals surface area contributed by atoms with Crippen LogP contribution in [0.25, 0.3) is 11.0 Å². The van der Waals surface area contributed by atoms with Crippen molar-refractivity contribution in [3.05, 3.63) is 54.1 Å². The molecule has 0 spiro atoms. The molecule has 3 heterocycles. The number of rotatable bonds is 5. The Bertz CT molecular complexity index is 995. The van der Waals surface area contributed by atoms with Gasteiger partial charge in [0.1, 0.15) is 11.6 Å². The van der Waals surface area contributed by atoms with Crippen LogP contribution in [0.3, 0.4) is 0 Å². The molecule has 1 fully saturated rings. The van der Waals surface area contributed by atoms with Crippen molar-refractivity contribution in [3.63, 3.8) is 0 Å². The molecule has 6 heteroatoms. The van der Waals surface area contributed by atoms with Crippen molar-refractivity contribution in [1.29, 1.82) is 0 Å². The van der Waals surface area contributed by atoms with E-state index in [2.05, 4.69) is 23.4 Å². The molecule has 0 bridgehead atoms. The maximum atomic E-state index is 12.8. The minimum Gasteiger partial charge on any atom is -0.497 e. The van der Waals surface area contributed by atoms with Crippen molar-refractivity contribution in [3.8, 4) is 5.75 Å². The largest absolute Gasteiger partial charge is 0.497 e. The van der Waals surface area contributed by atoms with E-state index in [0.29, 0.717) is 19.0 Å². The lowest BCUT2D eigenvalue weighted by molar-refractivity contribution is -0.129. The number of imidazole rings is 1. The Balaban J connectivity index is 1.52. The molecule has 3 aromatic rings. The van der Waals surface area contributed by atoms with Crippen LogP contribution < -0.4 is 4.74 Å². The molecule has 28 heavy (non-hydrogen) atoms. The zero-order chi connectivity index (χ0) is 19.7. The molecular weight excluding hydrogens is 352 g/mol. The number of carbonyl (C=O) groups is 1. The highest BCUT2D eigenvalue weighted by Gasteiger charge is 2.31. The third-order valence-corrected chi connectivity index (χ3v) is 5.43. The van der Waals surface area contributed by atoms with Gasteiger partial charge < -0.3 is 14.2 Å². The molecule has 1 aromatic carbocycles. The van der Waals surface area contributed by atoms with Crippen LogP contribution in [0, 0.1) is 0 Å². The summed E-state index contributed by atoms with van der Waals surface area (Å²) in [7, 11) is 1.64. The Morgan fingerprint density at radius 2 is 2.18 bits per heavy atom. The standard InChI is InChI=1S/C22H26N4O2/c1-15(2)26-20-13-23-9-7-19(20)24-22(26)17-8-10-25(14-17)21(27)12-16-5-4-6-18(11-16)28-3/h4-7,9,11,13,15,17H,8,10,12,14H2,1-3H3/t17-/m0/s1. The fraction of sp³-hybridized carbons (Fsp3) is 0.409. The highest BCUT2D eigenvalue weighted by atomic mass is 16.5. The number of amides is 1. The maximum Gasteiger partial charge on any atom is 0.227 e. The van der Waals surface area contributed by atoms with Crippen LogP contribution in [-0.4, -0.2) is 45.5 Å². The van der Waals surface area contributed by atoms with Gasteiger partial charge in [0.05, 0.1) is 30.8 Å². The molecular formula is C22H26N4O2. The van der Waals surface area contributed by atoms with Gasteiger partial charge in [-0.1, -0.05) is 12.1 Å². The van der Waals surface area contributed by atoms with Crippen molar-refractivity contribution in [1.82, 2.24) is 19.4 Å². The van der Waals surface area contributed by atoms with Gasteiger partial charge in [-0.15, -0.1) is 0 Å². The summed E-state index contributed by atoms with van der Waals surface area (Å²) in [4.78, 5) is 23.9. The minimum atomic E-state index is 0.157. The van der Waals surface area contributed by atoms with Crippen molar-refractivity contribution >= 4 is 16.9 Å². The normalized spacial score (nSPS) is 16.9. The van der Waals surface area contributed by atoms with E-state index in [1.165, 1.54) is 0 Å². The monoisotopic (exact) mass is 378 g/mol. The number of methoxy groups -OCH3 is 1. The second-order valence-electron chi connectivity index (χ2n) is 7.65. The van der Waals surface area contributed by atoms with Crippen LogP contribution in [0.4, 0.5) is 0 Å². The van der Waals surface area contributed by atoms with Gasteiger partial charge in [0.2, 0.25) is 5.91 Å². The molecule has 146 valence electrons. The number of fused-ring (bicyclic) bond motifs is 1. The third kappa shape index (κ3) is 3.46. The Hall–Kier alpha value is -2.89. The van der Waals surface area contributed by atoms with Crippen LogP contribution in [-0.2, 0) is 11.2 Å². The second-order valence-corrected chi connectivity index (χ2v) is 7.65. The van der Waals surface area contributed by atoms with Gasteiger partial charge in [0.15, 0.2) is 0 Å². The Morgan fingerprint density at radius 3 is 2.96 bits per heavy atom. The summed E-state index contributed by atoms with van der Waals surface area (Å²) in [5, 5.41) is 0. The summed E-state index contributed by atoms with van der Waals surface area (Å²) in [6.07, 6.45) is 5.00. The van der Waals surface area contributed by atoms with Gasteiger partial charge in [-0.2, -0.15) is 0 Å². The van der Waals surface area contributed by atoms with E-state index >= 15 is 0 Å². The first-order chi connectivity index (χ1) is 13.6. The summed E-state index contributed by atoms with van der Waals surface area (Å²) in [5.74, 6) is 2.26. The summed E-state index contributed by atoms with van der Waals surface area (Å²) < 4.78 is 7.53. The van der Waals surface area contributed by atoms with Gasteiger partial charge in [-0.05, 0) is 44.0 Å². The zero-order valence-electron chi connectivity index (χ0n) is 16.6. The van der Waals surface area contributed by atoms with Crippen molar-refractivity contribution in [2.75, 3.05) is 20.2 Å². The average Bonchev–Trinajstić information content (AvgIpc) is 3.32. The Labute approximate surface area is 165 Å². The molecule has 1 amide bonds. The molecule has 1 aliphatic rings. The molecule has 0 aliphatic carbocycles. The number of benzene rings is 1. The third-order valence-electron chi connectivity index (χ3n) is 5.43. The quantitative estimate of drug-likeness (QED) is 0.681. The fourth-order valence-electron chi connectivity index (χ4n) is 4.06. The summed E-state index contributed by atoms with van der Waals surface area (Å²) >= 11 is 0. The number of pyridine rings is 1. The lowest BCUT2D eigenvalue weighted by atomic mass is 10.1. The average molecular weight is 378 g/mol. The lowest BCUT2D eigenvalue weighted by Gasteiger charge is -2.19. The molecule has 4 rings (SSSR count). The van der Waals surface area contributed by atoms with E-state index in [1.54, 1.807) is 13.3 Å². The highest BCUT2D eigenvalue weighted by Crippen LogP contribution is 2.31. The number of carbonyl (C=O) groups excluding carboxylic acids is 1. The van der Waals surface area contributed by atoms with E-state index in [-0.39, 0.29) is 11.8 Å². The molecule has 0 unspecified atom stereocenters. The van der Waals surface area contributed by atoms with Crippen LogP contribution in [0.15, 0.2) is 42.7 Å². The van der Waals surface area contributed by atoms with Crippen LogP contribution >= 0.6 is 0 Å². The SMILES string of the molecule is COc1cccc(CC(=O)N2CC[C@H](c3nc4ccncc4n3C(C)C)C2)c1. The lowest BCUT2D eigenvalue weighted by Crippen LogP contribution is -2.30. The molecule has 0 saturated carbocycles. The number of hydrogen-bond acceptors (Lipinski definition) is 4. The number of ether oxygens (including phenoxy) is 1. The number of hydrogen-bond donors (Lipinski definition) is 0. The van der Waals surface area contributed by atoms with Gasteiger partial charge in [0.25, 0.3) is 0 Å². The van der Waals surface area contributed by atoms with E-state index in [4.69, 9.17) is 9.72 Å². The maximum absolute atomic E-state index is 12.8. The molecule has 0 N–H and O–H groups in total. The summed E-state index contributed by atoms with van der Waals surface area (Å²) in [6, 6.07) is 9.97. The Morgan fingerprint density at radius 1 is 1.32 bits per heavy atom. The van der Waals surface area contributed by atoms with Crippen LogP contribution in [0.5, 0.6) is 5.75 Å². The van der Waals surface area contributed by atoms with Gasteiger partial charge >= 0.3 is 0 Å². The van der Waals surface area contributed by atoms with Gasteiger partial charge in [0, 0.05) is 31.2 Å². The molecule has 1 aliphatic heterocycles. The van der Waals surface area contributed by atoms with E-state index in [1.807, 2.05) is 41.4 Å². The first-order valence-electron chi connectivity index (χ1n) is 9.79. The summed E-state index contributed by atoms with van der Waals surface area (Å²) in [6.45, 7) is 5.82. The van der Waals surface area contributed by atoms with Crippen LogP contribution in [0.1, 0.15) is 43.6 Å². The van der Waals surface area contributed by atoms with Crippen LogP contribution in [0.2, 0.25) is 0 Å². The molecule has 0 radical (unpaired) electrons. The van der Waals surface area contributed by atoms with Gasteiger partial charge in [-0.3, -0.25) is 9.78 Å². The van der Waals surface area contributed by atoms with E-state index in [9.17, 15) is 4.79 Å². The topological polar surface area (TPSA) is 60.2 Å². The summed E-state index contributed by atoms with van der Waals surface area (Å²) in [5.41, 5.74) is 3.02. The van der Waals surface area contributed by atoms with E-state index in [0.717, 1.165) is 41.1 Å². The molecule has 2 aromatic heterocycles. The van der Waals surface area contributed by atoms with E-state index < -0.39 is 0 Å². The minimum absolute atomic E-state index is 0.157. The number of aromatic nitrogens is 3. The van der Waals surface area contributed by atoms with Crippen molar-refractivity contribution < 1.29 is 9.53 Å². The van der Waals surface area contributed by atoms with Crippen molar-refractivity contribution in [2.24, 2.45) is 0 Å². The smallest absolute Gasteiger partial charge is 0.227 e. The molecule has 1 saturated heterocycles. The number of likely N-dealkylation sites (tertiary alicyclic amines) is 1.